The molecule has 2 aliphatic heterocycles. The number of carbonyl (C=O) groups is 1. The Morgan fingerprint density at radius 1 is 1.22 bits per heavy atom. The fourth-order valence-electron chi connectivity index (χ4n) is 4.13. The molecule has 2 fully saturated rings. The monoisotopic (exact) mass is 315 g/mol. The highest BCUT2D eigenvalue weighted by atomic mass is 16.2. The largest absolute Gasteiger partial charge is 0.339 e. The van der Waals surface area contributed by atoms with Crippen molar-refractivity contribution in [3.63, 3.8) is 0 Å². The molecular weight excluding hydrogens is 286 g/mol. The molecule has 0 saturated carbocycles. The van der Waals surface area contributed by atoms with Crippen LogP contribution in [0.3, 0.4) is 0 Å². The summed E-state index contributed by atoms with van der Waals surface area (Å²) in [6.07, 6.45) is 4.63. The Bertz CT molecular complexity index is 519. The van der Waals surface area contributed by atoms with Crippen LogP contribution in [0.15, 0.2) is 30.3 Å². The summed E-state index contributed by atoms with van der Waals surface area (Å²) in [6.45, 7) is 5.35. The second kappa shape index (κ2) is 7.45. The molecule has 2 heterocycles. The number of nitrogens with zero attached hydrogens (tertiary/aromatic N) is 2. The van der Waals surface area contributed by atoms with Crippen molar-refractivity contribution < 1.29 is 4.79 Å². The zero-order valence-electron chi connectivity index (χ0n) is 14.2. The Kier molecular flexibility index (Phi) is 5.34. The summed E-state index contributed by atoms with van der Waals surface area (Å²) in [6, 6.07) is 11.0. The predicted molar refractivity (Wildman–Crippen MR) is 93.2 cm³/mol. The van der Waals surface area contributed by atoms with Crippen LogP contribution in [-0.2, 0) is 4.79 Å². The van der Waals surface area contributed by atoms with Crippen LogP contribution in [-0.4, -0.2) is 54.0 Å². The van der Waals surface area contributed by atoms with Gasteiger partial charge in [-0.05, 0) is 31.2 Å². The van der Waals surface area contributed by atoms with Crippen molar-refractivity contribution >= 4 is 5.91 Å². The smallest absolute Gasteiger partial charge is 0.236 e. The Labute approximate surface area is 139 Å². The molecule has 126 valence electrons. The first-order chi connectivity index (χ1) is 11.2. The van der Waals surface area contributed by atoms with Gasteiger partial charge in [-0.15, -0.1) is 0 Å². The normalized spacial score (nSPS) is 29.0. The molecule has 1 amide bonds. The SMILES string of the molecule is CCC1CCCCN1C(=O)CN1C[C@@H](N)[C@H](c2ccccc2)C1. The summed E-state index contributed by atoms with van der Waals surface area (Å²) in [5, 5.41) is 0. The number of nitrogens with two attached hydrogens (primary N) is 1. The molecule has 0 aromatic heterocycles. The number of piperidine rings is 1. The summed E-state index contributed by atoms with van der Waals surface area (Å²) in [5.74, 6) is 0.629. The zero-order chi connectivity index (χ0) is 16.2. The number of carbonyl (C=O) groups excluding carboxylic acids is 1. The van der Waals surface area contributed by atoms with Gasteiger partial charge in [-0.25, -0.2) is 0 Å². The Hall–Kier alpha value is -1.39. The minimum atomic E-state index is 0.119. The molecule has 2 saturated heterocycles. The van der Waals surface area contributed by atoms with Crippen LogP contribution >= 0.6 is 0 Å². The molecule has 2 aliphatic rings. The topological polar surface area (TPSA) is 49.6 Å². The third-order valence-corrected chi connectivity index (χ3v) is 5.45. The molecule has 0 radical (unpaired) electrons. The first kappa shape index (κ1) is 16.5. The third-order valence-electron chi connectivity index (χ3n) is 5.45. The lowest BCUT2D eigenvalue weighted by molar-refractivity contribution is -0.135. The van der Waals surface area contributed by atoms with Gasteiger partial charge < -0.3 is 10.6 Å². The predicted octanol–water partition coefficient (Wildman–Crippen LogP) is 2.20. The maximum Gasteiger partial charge on any atom is 0.236 e. The number of amides is 1. The van der Waals surface area contributed by atoms with E-state index in [1.165, 1.54) is 12.0 Å². The van der Waals surface area contributed by atoms with Crippen molar-refractivity contribution in [2.24, 2.45) is 5.73 Å². The average molecular weight is 315 g/mol. The lowest BCUT2D eigenvalue weighted by Crippen LogP contribution is -2.47. The molecule has 1 aromatic carbocycles. The quantitative estimate of drug-likeness (QED) is 0.927. The number of rotatable bonds is 4. The van der Waals surface area contributed by atoms with Gasteiger partial charge in [-0.1, -0.05) is 37.3 Å². The van der Waals surface area contributed by atoms with E-state index in [1.807, 2.05) is 6.07 Å². The van der Waals surface area contributed by atoms with Gasteiger partial charge in [0.05, 0.1) is 6.54 Å². The van der Waals surface area contributed by atoms with Crippen molar-refractivity contribution in [2.75, 3.05) is 26.2 Å². The highest BCUT2D eigenvalue weighted by Crippen LogP contribution is 2.27. The minimum absolute atomic E-state index is 0.119. The van der Waals surface area contributed by atoms with E-state index in [1.54, 1.807) is 0 Å². The third kappa shape index (κ3) is 3.75. The fraction of sp³-hybridized carbons (Fsp3) is 0.632. The van der Waals surface area contributed by atoms with E-state index in [0.29, 0.717) is 18.5 Å². The first-order valence-electron chi connectivity index (χ1n) is 9.01. The summed E-state index contributed by atoms with van der Waals surface area (Å²) in [5.41, 5.74) is 7.63. The van der Waals surface area contributed by atoms with E-state index in [9.17, 15) is 4.79 Å². The average Bonchev–Trinajstić information content (AvgIpc) is 2.95. The second-order valence-corrected chi connectivity index (χ2v) is 7.02. The van der Waals surface area contributed by atoms with Crippen LogP contribution in [0.2, 0.25) is 0 Å². The van der Waals surface area contributed by atoms with E-state index in [-0.39, 0.29) is 11.9 Å². The molecule has 0 bridgehead atoms. The molecule has 0 aliphatic carbocycles. The number of benzene rings is 1. The summed E-state index contributed by atoms with van der Waals surface area (Å²) >= 11 is 0. The lowest BCUT2D eigenvalue weighted by Gasteiger charge is -2.36. The second-order valence-electron chi connectivity index (χ2n) is 7.02. The molecule has 1 aromatic rings. The van der Waals surface area contributed by atoms with Crippen molar-refractivity contribution in [3.8, 4) is 0 Å². The molecule has 4 nitrogen and oxygen atoms in total. The first-order valence-corrected chi connectivity index (χ1v) is 9.01. The molecule has 2 N–H and O–H groups in total. The van der Waals surface area contributed by atoms with Crippen LogP contribution in [0.25, 0.3) is 0 Å². The fourth-order valence-corrected chi connectivity index (χ4v) is 4.13. The van der Waals surface area contributed by atoms with Crippen molar-refractivity contribution in [1.82, 2.24) is 9.80 Å². The van der Waals surface area contributed by atoms with E-state index in [2.05, 4.69) is 41.0 Å². The van der Waals surface area contributed by atoms with Crippen LogP contribution < -0.4 is 5.73 Å². The molecule has 4 heteroatoms. The van der Waals surface area contributed by atoms with Gasteiger partial charge >= 0.3 is 0 Å². The van der Waals surface area contributed by atoms with Gasteiger partial charge in [0, 0.05) is 37.6 Å². The van der Waals surface area contributed by atoms with Gasteiger partial charge in [0.25, 0.3) is 0 Å². The van der Waals surface area contributed by atoms with Gasteiger partial charge in [0.2, 0.25) is 5.91 Å². The summed E-state index contributed by atoms with van der Waals surface area (Å²) in [4.78, 5) is 17.1. The molecule has 3 rings (SSSR count). The molecular formula is C19H29N3O. The van der Waals surface area contributed by atoms with Crippen LogP contribution in [0.4, 0.5) is 0 Å². The van der Waals surface area contributed by atoms with Crippen molar-refractivity contribution in [3.05, 3.63) is 35.9 Å². The van der Waals surface area contributed by atoms with Crippen molar-refractivity contribution in [2.45, 2.75) is 50.6 Å². The highest BCUT2D eigenvalue weighted by Gasteiger charge is 2.34. The van der Waals surface area contributed by atoms with E-state index in [0.717, 1.165) is 38.9 Å². The van der Waals surface area contributed by atoms with Gasteiger partial charge in [-0.3, -0.25) is 9.69 Å². The standard InChI is InChI=1S/C19H29N3O/c1-2-16-10-6-7-11-22(16)19(23)14-21-12-17(18(20)13-21)15-8-4-3-5-9-15/h3-5,8-9,16-18H,2,6-7,10-14,20H2,1H3/t16?,17-,18+/m0/s1. The Balaban J connectivity index is 1.59. The number of hydrogen-bond acceptors (Lipinski definition) is 3. The molecule has 3 atom stereocenters. The van der Waals surface area contributed by atoms with Gasteiger partial charge in [0.15, 0.2) is 0 Å². The molecule has 1 unspecified atom stereocenters. The van der Waals surface area contributed by atoms with E-state index >= 15 is 0 Å². The Morgan fingerprint density at radius 2 is 2.00 bits per heavy atom. The Morgan fingerprint density at radius 3 is 2.74 bits per heavy atom. The highest BCUT2D eigenvalue weighted by molar-refractivity contribution is 5.78. The number of likely N-dealkylation sites (tertiary alicyclic amines) is 2. The minimum Gasteiger partial charge on any atom is -0.339 e. The zero-order valence-corrected chi connectivity index (χ0v) is 14.2. The van der Waals surface area contributed by atoms with E-state index in [4.69, 9.17) is 5.73 Å². The van der Waals surface area contributed by atoms with Gasteiger partial charge in [-0.2, -0.15) is 0 Å². The van der Waals surface area contributed by atoms with Crippen LogP contribution in [0, 0.1) is 0 Å². The summed E-state index contributed by atoms with van der Waals surface area (Å²) < 4.78 is 0. The maximum absolute atomic E-state index is 12.7. The van der Waals surface area contributed by atoms with E-state index < -0.39 is 0 Å². The van der Waals surface area contributed by atoms with Gasteiger partial charge in [0.1, 0.15) is 0 Å². The summed E-state index contributed by atoms with van der Waals surface area (Å²) in [7, 11) is 0. The number of hydrogen-bond donors (Lipinski definition) is 1. The molecule has 23 heavy (non-hydrogen) atoms. The lowest BCUT2D eigenvalue weighted by atomic mass is 9.95. The molecule has 0 spiro atoms. The van der Waals surface area contributed by atoms with Crippen LogP contribution in [0.5, 0.6) is 0 Å². The van der Waals surface area contributed by atoms with Crippen LogP contribution in [0.1, 0.15) is 44.1 Å². The maximum atomic E-state index is 12.7. The van der Waals surface area contributed by atoms with Crippen molar-refractivity contribution in [1.29, 1.82) is 0 Å².